The molecular formula is C16H12O6. The Labute approximate surface area is 125 Å². The third-order valence-corrected chi connectivity index (χ3v) is 3.83. The normalized spacial score (nSPS) is 12.8. The fourth-order valence-corrected chi connectivity index (χ4v) is 2.66. The predicted molar refractivity (Wildman–Crippen MR) is 76.0 cm³/mol. The summed E-state index contributed by atoms with van der Waals surface area (Å²) in [6.45, 7) is 1.33. The number of ether oxygens (including phenoxy) is 1. The largest absolute Gasteiger partial charge is 0.507 e. The van der Waals surface area contributed by atoms with Gasteiger partial charge in [0.15, 0.2) is 17.3 Å². The molecule has 0 aromatic heterocycles. The quantitative estimate of drug-likeness (QED) is 0.468. The van der Waals surface area contributed by atoms with Crippen molar-refractivity contribution in [2.24, 2.45) is 0 Å². The molecule has 112 valence electrons. The summed E-state index contributed by atoms with van der Waals surface area (Å²) in [4.78, 5) is 25.3. The number of hydrogen-bond donors (Lipinski definition) is 3. The molecule has 1 aliphatic carbocycles. The second-order valence-corrected chi connectivity index (χ2v) is 4.96. The van der Waals surface area contributed by atoms with Crippen LogP contribution in [0.2, 0.25) is 0 Å². The smallest absolute Gasteiger partial charge is 0.202 e. The van der Waals surface area contributed by atoms with E-state index in [0.717, 1.165) is 0 Å². The highest BCUT2D eigenvalue weighted by molar-refractivity contribution is 6.31. The molecule has 0 amide bonds. The van der Waals surface area contributed by atoms with Gasteiger partial charge in [0.05, 0.1) is 23.8 Å². The average molecular weight is 300 g/mol. The van der Waals surface area contributed by atoms with Crippen LogP contribution in [0.15, 0.2) is 18.2 Å². The summed E-state index contributed by atoms with van der Waals surface area (Å²) < 4.78 is 5.10. The average Bonchev–Trinajstić information content (AvgIpc) is 2.53. The summed E-state index contributed by atoms with van der Waals surface area (Å²) in [5, 5.41) is 30.0. The van der Waals surface area contributed by atoms with Crippen LogP contribution >= 0.6 is 0 Å². The Balaban J connectivity index is 2.45. The van der Waals surface area contributed by atoms with E-state index in [0.29, 0.717) is 0 Å². The first-order valence-corrected chi connectivity index (χ1v) is 6.44. The maximum atomic E-state index is 12.7. The van der Waals surface area contributed by atoms with E-state index in [1.165, 1.54) is 26.2 Å². The Kier molecular flexibility index (Phi) is 2.84. The van der Waals surface area contributed by atoms with Gasteiger partial charge < -0.3 is 20.1 Å². The molecule has 0 aliphatic heterocycles. The monoisotopic (exact) mass is 300 g/mol. The SMILES string of the molecule is COc1cccc2c1C(=O)c1c(O)c(C)c(O)c(O)c1C2=O. The first kappa shape index (κ1) is 13.9. The number of phenolic OH excluding ortho intramolecular Hbond substituents is 3. The molecule has 2 aromatic carbocycles. The van der Waals surface area contributed by atoms with Crippen LogP contribution < -0.4 is 4.74 Å². The minimum atomic E-state index is -0.711. The predicted octanol–water partition coefficient (Wildman–Crippen LogP) is 1.90. The van der Waals surface area contributed by atoms with E-state index in [4.69, 9.17) is 4.74 Å². The highest BCUT2D eigenvalue weighted by Crippen LogP contribution is 2.46. The van der Waals surface area contributed by atoms with Crippen molar-refractivity contribution in [2.75, 3.05) is 7.11 Å². The lowest BCUT2D eigenvalue weighted by molar-refractivity contribution is 0.0971. The zero-order valence-electron chi connectivity index (χ0n) is 11.8. The first-order chi connectivity index (χ1) is 10.4. The van der Waals surface area contributed by atoms with Crippen molar-refractivity contribution in [3.8, 4) is 23.0 Å². The van der Waals surface area contributed by atoms with Crippen molar-refractivity contribution in [3.05, 3.63) is 46.0 Å². The van der Waals surface area contributed by atoms with Crippen molar-refractivity contribution in [1.82, 2.24) is 0 Å². The molecule has 6 heteroatoms. The van der Waals surface area contributed by atoms with Gasteiger partial charge in [0.25, 0.3) is 0 Å². The molecule has 0 spiro atoms. The zero-order chi connectivity index (χ0) is 16.2. The highest BCUT2D eigenvalue weighted by atomic mass is 16.5. The number of ketones is 2. The van der Waals surface area contributed by atoms with Gasteiger partial charge in [-0.25, -0.2) is 0 Å². The lowest BCUT2D eigenvalue weighted by Crippen LogP contribution is -2.22. The second kappa shape index (κ2) is 4.49. The molecule has 1 aliphatic rings. The molecule has 0 unspecified atom stereocenters. The Hall–Kier alpha value is -3.02. The second-order valence-electron chi connectivity index (χ2n) is 4.96. The molecule has 0 saturated carbocycles. The van der Waals surface area contributed by atoms with Crippen LogP contribution in [-0.2, 0) is 0 Å². The van der Waals surface area contributed by atoms with E-state index in [1.54, 1.807) is 6.07 Å². The molecule has 0 saturated heterocycles. The molecule has 0 fully saturated rings. The van der Waals surface area contributed by atoms with Crippen molar-refractivity contribution in [2.45, 2.75) is 6.92 Å². The van der Waals surface area contributed by atoms with E-state index in [2.05, 4.69) is 0 Å². The fraction of sp³-hybridized carbons (Fsp3) is 0.125. The van der Waals surface area contributed by atoms with Crippen LogP contribution in [0.25, 0.3) is 0 Å². The Morgan fingerprint density at radius 2 is 1.50 bits per heavy atom. The molecule has 0 bridgehead atoms. The van der Waals surface area contributed by atoms with Gasteiger partial charge in [-0.15, -0.1) is 0 Å². The fourth-order valence-electron chi connectivity index (χ4n) is 2.66. The number of rotatable bonds is 1. The molecule has 2 aromatic rings. The Morgan fingerprint density at radius 3 is 2.14 bits per heavy atom. The first-order valence-electron chi connectivity index (χ1n) is 6.44. The maximum absolute atomic E-state index is 12.7. The van der Waals surface area contributed by atoms with Gasteiger partial charge in [-0.1, -0.05) is 12.1 Å². The third-order valence-electron chi connectivity index (χ3n) is 3.83. The maximum Gasteiger partial charge on any atom is 0.202 e. The number of hydrogen-bond acceptors (Lipinski definition) is 6. The summed E-state index contributed by atoms with van der Waals surface area (Å²) in [5.41, 5.74) is -0.714. The van der Waals surface area contributed by atoms with Gasteiger partial charge in [-0.3, -0.25) is 9.59 Å². The van der Waals surface area contributed by atoms with Crippen LogP contribution in [-0.4, -0.2) is 34.0 Å². The summed E-state index contributed by atoms with van der Waals surface area (Å²) in [7, 11) is 1.36. The van der Waals surface area contributed by atoms with E-state index in [-0.39, 0.29) is 28.0 Å². The number of carbonyl (C=O) groups is 2. The molecule has 0 atom stereocenters. The standard InChI is InChI=1S/C16H12O6/c1-6-12(17)10-11(16(21)13(6)18)14(19)7-4-3-5-8(22-2)9(7)15(10)20/h3-5,17-18,21H,1-2H3. The van der Waals surface area contributed by atoms with Crippen LogP contribution in [0, 0.1) is 6.92 Å². The lowest BCUT2D eigenvalue weighted by Gasteiger charge is -2.22. The summed E-state index contributed by atoms with van der Waals surface area (Å²) in [5.74, 6) is -2.96. The van der Waals surface area contributed by atoms with E-state index in [1.807, 2.05) is 0 Å². The molecular weight excluding hydrogens is 288 g/mol. The Morgan fingerprint density at radius 1 is 0.864 bits per heavy atom. The number of carbonyl (C=O) groups excluding carboxylic acids is 2. The van der Waals surface area contributed by atoms with Crippen molar-refractivity contribution < 1.29 is 29.6 Å². The summed E-state index contributed by atoms with van der Waals surface area (Å²) in [6.07, 6.45) is 0. The topological polar surface area (TPSA) is 104 Å². The molecule has 0 heterocycles. The number of benzene rings is 2. The van der Waals surface area contributed by atoms with E-state index >= 15 is 0 Å². The minimum absolute atomic E-state index is 0.0299. The highest BCUT2D eigenvalue weighted by Gasteiger charge is 2.38. The van der Waals surface area contributed by atoms with Gasteiger partial charge in [0.2, 0.25) is 5.78 Å². The number of fused-ring (bicyclic) bond motifs is 2. The van der Waals surface area contributed by atoms with Gasteiger partial charge in [-0.2, -0.15) is 0 Å². The summed E-state index contributed by atoms with van der Waals surface area (Å²) >= 11 is 0. The molecule has 3 rings (SSSR count). The van der Waals surface area contributed by atoms with Crippen molar-refractivity contribution >= 4 is 11.6 Å². The molecule has 0 radical (unpaired) electrons. The van der Waals surface area contributed by atoms with Crippen LogP contribution in [0.5, 0.6) is 23.0 Å². The third kappa shape index (κ3) is 1.54. The molecule has 22 heavy (non-hydrogen) atoms. The van der Waals surface area contributed by atoms with Crippen LogP contribution in [0.4, 0.5) is 0 Å². The van der Waals surface area contributed by atoms with Gasteiger partial charge in [-0.05, 0) is 13.0 Å². The van der Waals surface area contributed by atoms with Gasteiger partial charge in [0.1, 0.15) is 11.5 Å². The van der Waals surface area contributed by atoms with Crippen molar-refractivity contribution in [1.29, 1.82) is 0 Å². The molecule has 3 N–H and O–H groups in total. The molecule has 6 nitrogen and oxygen atoms in total. The Bertz CT molecular complexity index is 850. The zero-order valence-corrected chi connectivity index (χ0v) is 11.8. The van der Waals surface area contributed by atoms with Crippen LogP contribution in [0.1, 0.15) is 37.4 Å². The minimum Gasteiger partial charge on any atom is -0.507 e. The lowest BCUT2D eigenvalue weighted by atomic mass is 9.81. The summed E-state index contributed by atoms with van der Waals surface area (Å²) in [6, 6.07) is 4.49. The number of aromatic hydroxyl groups is 3. The van der Waals surface area contributed by atoms with Gasteiger partial charge in [0, 0.05) is 11.1 Å². The number of methoxy groups -OCH3 is 1. The number of phenols is 3. The van der Waals surface area contributed by atoms with Crippen LogP contribution in [0.3, 0.4) is 0 Å². The van der Waals surface area contributed by atoms with E-state index in [9.17, 15) is 24.9 Å². The van der Waals surface area contributed by atoms with E-state index < -0.39 is 34.4 Å². The van der Waals surface area contributed by atoms with Gasteiger partial charge >= 0.3 is 0 Å². The van der Waals surface area contributed by atoms with Crippen molar-refractivity contribution in [3.63, 3.8) is 0 Å².